The van der Waals surface area contributed by atoms with Crippen molar-refractivity contribution in [2.45, 2.75) is 39.4 Å². The summed E-state index contributed by atoms with van der Waals surface area (Å²) < 4.78 is 2.31. The second kappa shape index (κ2) is 7.20. The fraction of sp³-hybridized carbons (Fsp3) is 0.300. The Morgan fingerprint density at radius 2 is 1.96 bits per heavy atom. The Bertz CT molecular complexity index is 791. The molecule has 0 aliphatic heterocycles. The van der Waals surface area contributed by atoms with Gasteiger partial charge in [-0.05, 0) is 42.7 Å². The lowest BCUT2D eigenvalue weighted by atomic mass is 10.1. The van der Waals surface area contributed by atoms with Crippen LogP contribution in [-0.4, -0.2) is 10.6 Å². The van der Waals surface area contributed by atoms with Crippen LogP contribution >= 0.6 is 11.6 Å². The maximum Gasteiger partial charge on any atom is 0.0486 e. The number of halogens is 1. The van der Waals surface area contributed by atoms with Crippen molar-refractivity contribution in [2.24, 2.45) is 0 Å². The first kappa shape index (κ1) is 16.1. The number of para-hydroxylation sites is 1. The summed E-state index contributed by atoms with van der Waals surface area (Å²) in [6.07, 6.45) is 3.40. The summed E-state index contributed by atoms with van der Waals surface area (Å²) >= 11 is 6.12. The first-order valence-corrected chi connectivity index (χ1v) is 8.59. The molecule has 0 saturated heterocycles. The molecule has 0 fully saturated rings. The number of hydrogen-bond donors (Lipinski definition) is 1. The van der Waals surface area contributed by atoms with Crippen LogP contribution in [0.25, 0.3) is 10.9 Å². The SMILES string of the molecule is CC[C@@H](C)NCc1cn(Cc2cccc(Cl)c2)c2ccccc12. The number of nitrogens with one attached hydrogen (secondary N) is 1. The fourth-order valence-electron chi connectivity index (χ4n) is 2.86. The van der Waals surface area contributed by atoms with Crippen LogP contribution in [0.5, 0.6) is 0 Å². The van der Waals surface area contributed by atoms with E-state index in [0.29, 0.717) is 6.04 Å². The number of hydrogen-bond acceptors (Lipinski definition) is 1. The van der Waals surface area contributed by atoms with Crippen molar-refractivity contribution < 1.29 is 0 Å². The Balaban J connectivity index is 1.91. The van der Waals surface area contributed by atoms with Gasteiger partial charge >= 0.3 is 0 Å². The lowest BCUT2D eigenvalue weighted by Crippen LogP contribution is -2.24. The highest BCUT2D eigenvalue weighted by Crippen LogP contribution is 2.23. The molecule has 3 heteroatoms. The molecule has 23 heavy (non-hydrogen) atoms. The van der Waals surface area contributed by atoms with Gasteiger partial charge in [0.25, 0.3) is 0 Å². The lowest BCUT2D eigenvalue weighted by Gasteiger charge is -2.10. The largest absolute Gasteiger partial charge is 0.343 e. The number of aromatic nitrogens is 1. The molecule has 0 spiro atoms. The Labute approximate surface area is 143 Å². The molecule has 0 saturated carbocycles. The topological polar surface area (TPSA) is 17.0 Å². The van der Waals surface area contributed by atoms with E-state index in [1.54, 1.807) is 0 Å². The summed E-state index contributed by atoms with van der Waals surface area (Å²) in [5.74, 6) is 0. The quantitative estimate of drug-likeness (QED) is 0.656. The second-order valence-electron chi connectivity index (χ2n) is 6.12. The Kier molecular flexibility index (Phi) is 5.04. The van der Waals surface area contributed by atoms with Crippen molar-refractivity contribution in [3.8, 4) is 0 Å². The van der Waals surface area contributed by atoms with Crippen molar-refractivity contribution in [3.05, 3.63) is 70.9 Å². The summed E-state index contributed by atoms with van der Waals surface area (Å²) in [7, 11) is 0. The third-order valence-corrected chi connectivity index (χ3v) is 4.60. The molecule has 0 unspecified atom stereocenters. The van der Waals surface area contributed by atoms with Crippen LogP contribution in [0.2, 0.25) is 5.02 Å². The minimum absolute atomic E-state index is 0.532. The highest BCUT2D eigenvalue weighted by Gasteiger charge is 2.09. The van der Waals surface area contributed by atoms with E-state index < -0.39 is 0 Å². The van der Waals surface area contributed by atoms with Crippen LogP contribution in [0.4, 0.5) is 0 Å². The van der Waals surface area contributed by atoms with E-state index in [0.717, 1.165) is 24.5 Å². The van der Waals surface area contributed by atoms with E-state index in [4.69, 9.17) is 11.6 Å². The Morgan fingerprint density at radius 1 is 1.13 bits per heavy atom. The third-order valence-electron chi connectivity index (χ3n) is 4.37. The molecule has 0 bridgehead atoms. The van der Waals surface area contributed by atoms with Gasteiger partial charge in [-0.15, -0.1) is 0 Å². The third kappa shape index (κ3) is 3.77. The smallest absolute Gasteiger partial charge is 0.0486 e. The van der Waals surface area contributed by atoms with Gasteiger partial charge in [0.2, 0.25) is 0 Å². The Morgan fingerprint density at radius 3 is 2.74 bits per heavy atom. The van der Waals surface area contributed by atoms with Crippen molar-refractivity contribution in [1.82, 2.24) is 9.88 Å². The molecule has 2 aromatic carbocycles. The van der Waals surface area contributed by atoms with Gasteiger partial charge < -0.3 is 9.88 Å². The second-order valence-corrected chi connectivity index (χ2v) is 6.56. The number of fused-ring (bicyclic) bond motifs is 1. The van der Waals surface area contributed by atoms with Gasteiger partial charge in [-0.25, -0.2) is 0 Å². The lowest BCUT2D eigenvalue weighted by molar-refractivity contribution is 0.535. The molecular formula is C20H23ClN2. The van der Waals surface area contributed by atoms with Gasteiger partial charge in [0, 0.05) is 41.3 Å². The molecule has 0 aliphatic rings. The number of rotatable bonds is 6. The van der Waals surface area contributed by atoms with E-state index in [-0.39, 0.29) is 0 Å². The van der Waals surface area contributed by atoms with E-state index in [1.807, 2.05) is 18.2 Å². The summed E-state index contributed by atoms with van der Waals surface area (Å²) in [6.45, 7) is 6.17. The molecule has 120 valence electrons. The Hall–Kier alpha value is -1.77. The molecular weight excluding hydrogens is 304 g/mol. The van der Waals surface area contributed by atoms with Crippen LogP contribution in [0.15, 0.2) is 54.7 Å². The van der Waals surface area contributed by atoms with Gasteiger partial charge in [0.15, 0.2) is 0 Å². The molecule has 1 N–H and O–H groups in total. The molecule has 1 aromatic heterocycles. The minimum atomic E-state index is 0.532. The van der Waals surface area contributed by atoms with Gasteiger partial charge in [-0.3, -0.25) is 0 Å². The molecule has 0 amide bonds. The zero-order valence-corrected chi connectivity index (χ0v) is 14.5. The van der Waals surface area contributed by atoms with Crippen molar-refractivity contribution in [1.29, 1.82) is 0 Å². The van der Waals surface area contributed by atoms with E-state index in [2.05, 4.69) is 60.3 Å². The highest BCUT2D eigenvalue weighted by molar-refractivity contribution is 6.30. The molecule has 3 aromatic rings. The molecule has 1 atom stereocenters. The molecule has 0 aliphatic carbocycles. The first-order chi connectivity index (χ1) is 11.2. The average Bonchev–Trinajstić information content (AvgIpc) is 2.91. The fourth-order valence-corrected chi connectivity index (χ4v) is 3.07. The average molecular weight is 327 g/mol. The standard InChI is InChI=1S/C20H23ClN2/c1-3-15(2)22-12-17-14-23(20-10-5-4-9-19(17)20)13-16-7-6-8-18(21)11-16/h4-11,14-15,22H,3,12-13H2,1-2H3/t15-/m1/s1. The van der Waals surface area contributed by atoms with Crippen LogP contribution < -0.4 is 5.32 Å². The summed E-state index contributed by atoms with van der Waals surface area (Å²) in [4.78, 5) is 0. The first-order valence-electron chi connectivity index (χ1n) is 8.22. The van der Waals surface area contributed by atoms with Gasteiger partial charge in [0.05, 0.1) is 0 Å². The van der Waals surface area contributed by atoms with E-state index in [1.165, 1.54) is 22.0 Å². The number of nitrogens with zero attached hydrogens (tertiary/aromatic N) is 1. The van der Waals surface area contributed by atoms with Gasteiger partial charge in [0.1, 0.15) is 0 Å². The monoisotopic (exact) mass is 326 g/mol. The van der Waals surface area contributed by atoms with Crippen molar-refractivity contribution in [2.75, 3.05) is 0 Å². The normalized spacial score (nSPS) is 12.7. The maximum absolute atomic E-state index is 6.12. The van der Waals surface area contributed by atoms with Crippen LogP contribution in [0.3, 0.4) is 0 Å². The maximum atomic E-state index is 6.12. The summed E-state index contributed by atoms with van der Waals surface area (Å²) in [6, 6.07) is 17.2. The highest BCUT2D eigenvalue weighted by atomic mass is 35.5. The number of benzene rings is 2. The molecule has 0 radical (unpaired) electrons. The van der Waals surface area contributed by atoms with Crippen LogP contribution in [0, 0.1) is 0 Å². The predicted octanol–water partition coefficient (Wildman–Crippen LogP) is 5.23. The summed E-state index contributed by atoms with van der Waals surface area (Å²) in [5.41, 5.74) is 3.84. The van der Waals surface area contributed by atoms with Crippen LogP contribution in [0.1, 0.15) is 31.4 Å². The molecule has 2 nitrogen and oxygen atoms in total. The van der Waals surface area contributed by atoms with E-state index in [9.17, 15) is 0 Å². The zero-order valence-electron chi connectivity index (χ0n) is 13.7. The van der Waals surface area contributed by atoms with Gasteiger partial charge in [-0.2, -0.15) is 0 Å². The van der Waals surface area contributed by atoms with Crippen molar-refractivity contribution >= 4 is 22.5 Å². The van der Waals surface area contributed by atoms with Crippen molar-refractivity contribution in [3.63, 3.8) is 0 Å². The summed E-state index contributed by atoms with van der Waals surface area (Å²) in [5, 5.41) is 5.71. The zero-order chi connectivity index (χ0) is 16.2. The minimum Gasteiger partial charge on any atom is -0.343 e. The predicted molar refractivity (Wildman–Crippen MR) is 99.1 cm³/mol. The van der Waals surface area contributed by atoms with E-state index >= 15 is 0 Å². The molecule has 3 rings (SSSR count). The molecule has 1 heterocycles. The van der Waals surface area contributed by atoms with Crippen LogP contribution in [-0.2, 0) is 13.1 Å². The van der Waals surface area contributed by atoms with Gasteiger partial charge in [-0.1, -0.05) is 48.9 Å².